The third kappa shape index (κ3) is 10.3. The Kier molecular flexibility index (Phi) is 13.8. The van der Waals surface area contributed by atoms with Crippen LogP contribution in [0.1, 0.15) is 33.3 Å². The molecule has 1 rings (SSSR count). The molecular weight excluding hydrogens is 241 g/mol. The zero-order chi connectivity index (χ0) is 15.3. The van der Waals surface area contributed by atoms with Crippen LogP contribution in [0.2, 0.25) is 6.82 Å². The summed E-state index contributed by atoms with van der Waals surface area (Å²) in [6.45, 7) is 9.50. The molecule has 1 atom stereocenters. The van der Waals surface area contributed by atoms with Gasteiger partial charge in [0, 0.05) is 0 Å². The van der Waals surface area contributed by atoms with Crippen LogP contribution < -0.4 is 5.23 Å². The SMILES string of the molecule is CB(O)NC(Cc1ccccc1)C(=O)O.CC.CC. The summed E-state index contributed by atoms with van der Waals surface area (Å²) in [5.74, 6) is -0.959. The number of carboxylic acids is 1. The molecule has 0 aliphatic rings. The summed E-state index contributed by atoms with van der Waals surface area (Å²) in [5.41, 5.74) is 0.929. The van der Waals surface area contributed by atoms with Crippen LogP contribution in [0.3, 0.4) is 0 Å². The molecule has 0 heterocycles. The van der Waals surface area contributed by atoms with Crippen molar-refractivity contribution < 1.29 is 14.9 Å². The second-order valence-electron chi connectivity index (χ2n) is 3.42. The Morgan fingerprint density at radius 1 is 1.21 bits per heavy atom. The Hall–Kier alpha value is -1.33. The Labute approximate surface area is 117 Å². The lowest BCUT2D eigenvalue weighted by Crippen LogP contribution is -2.46. The maximum Gasteiger partial charge on any atom is 0.374 e. The Morgan fingerprint density at radius 2 is 1.68 bits per heavy atom. The lowest BCUT2D eigenvalue weighted by Gasteiger charge is -2.14. The fraction of sp³-hybridized carbons (Fsp3) is 0.500. The second-order valence-corrected chi connectivity index (χ2v) is 3.42. The Bertz CT molecular complexity index is 318. The molecule has 4 nitrogen and oxygen atoms in total. The van der Waals surface area contributed by atoms with Crippen LogP contribution in [0.15, 0.2) is 30.3 Å². The van der Waals surface area contributed by atoms with E-state index in [1.165, 1.54) is 6.82 Å². The fourth-order valence-electron chi connectivity index (χ4n) is 1.36. The van der Waals surface area contributed by atoms with Gasteiger partial charge < -0.3 is 15.4 Å². The van der Waals surface area contributed by atoms with Crippen LogP contribution in [0.25, 0.3) is 0 Å². The molecule has 0 spiro atoms. The predicted octanol–water partition coefficient (Wildman–Crippen LogP) is 2.43. The van der Waals surface area contributed by atoms with Crippen molar-refractivity contribution in [2.24, 2.45) is 0 Å². The molecule has 5 heteroatoms. The number of carboxylic acid groups (broad SMARTS) is 1. The number of aliphatic carboxylic acids is 1. The number of nitrogens with one attached hydrogen (secondary N) is 1. The van der Waals surface area contributed by atoms with Gasteiger partial charge in [-0.1, -0.05) is 58.0 Å². The molecule has 0 amide bonds. The van der Waals surface area contributed by atoms with Crippen LogP contribution in [0.4, 0.5) is 0 Å². The van der Waals surface area contributed by atoms with Crippen molar-refractivity contribution in [1.29, 1.82) is 0 Å². The summed E-state index contributed by atoms with van der Waals surface area (Å²) in [4.78, 5) is 10.9. The molecule has 1 aromatic carbocycles. The van der Waals surface area contributed by atoms with Crippen molar-refractivity contribution in [3.63, 3.8) is 0 Å². The first-order valence-corrected chi connectivity index (χ1v) is 6.80. The van der Waals surface area contributed by atoms with E-state index in [2.05, 4.69) is 5.23 Å². The van der Waals surface area contributed by atoms with Gasteiger partial charge in [0.25, 0.3) is 0 Å². The van der Waals surface area contributed by atoms with E-state index in [4.69, 9.17) is 10.1 Å². The van der Waals surface area contributed by atoms with E-state index in [0.29, 0.717) is 6.42 Å². The lowest BCUT2D eigenvalue weighted by molar-refractivity contribution is -0.139. The summed E-state index contributed by atoms with van der Waals surface area (Å²) in [6, 6.07) is 8.56. The van der Waals surface area contributed by atoms with Gasteiger partial charge >= 0.3 is 13.0 Å². The number of hydrogen-bond donors (Lipinski definition) is 3. The van der Waals surface area contributed by atoms with E-state index in [1.807, 2.05) is 58.0 Å². The largest absolute Gasteiger partial charge is 0.480 e. The summed E-state index contributed by atoms with van der Waals surface area (Å²) in [6.07, 6.45) is 0.362. The third-order valence-corrected chi connectivity index (χ3v) is 2.02. The highest BCUT2D eigenvalue weighted by Gasteiger charge is 2.20. The zero-order valence-electron chi connectivity index (χ0n) is 12.6. The zero-order valence-corrected chi connectivity index (χ0v) is 12.6. The van der Waals surface area contributed by atoms with Gasteiger partial charge in [-0.05, 0) is 18.8 Å². The van der Waals surface area contributed by atoms with Crippen molar-refractivity contribution in [2.75, 3.05) is 0 Å². The molecule has 19 heavy (non-hydrogen) atoms. The number of benzene rings is 1. The molecule has 0 bridgehead atoms. The van der Waals surface area contributed by atoms with Gasteiger partial charge in [0.15, 0.2) is 0 Å². The minimum Gasteiger partial charge on any atom is -0.480 e. The smallest absolute Gasteiger partial charge is 0.374 e. The average molecular weight is 267 g/mol. The predicted molar refractivity (Wildman–Crippen MR) is 81.2 cm³/mol. The molecule has 1 aromatic rings. The first-order chi connectivity index (χ1) is 9.09. The van der Waals surface area contributed by atoms with Crippen molar-refractivity contribution >= 4 is 13.0 Å². The minimum absolute atomic E-state index is 0.362. The van der Waals surface area contributed by atoms with Gasteiger partial charge in [-0.25, -0.2) is 0 Å². The Morgan fingerprint density at radius 3 is 2.05 bits per heavy atom. The normalized spacial score (nSPS) is 10.2. The molecule has 108 valence electrons. The molecule has 0 aliphatic carbocycles. The maximum absolute atomic E-state index is 10.9. The second kappa shape index (κ2) is 13.1. The molecule has 0 aliphatic heterocycles. The number of hydrogen-bond acceptors (Lipinski definition) is 3. The van der Waals surface area contributed by atoms with E-state index < -0.39 is 19.1 Å². The average Bonchev–Trinajstić information content (AvgIpc) is 2.43. The van der Waals surface area contributed by atoms with Crippen molar-refractivity contribution in [2.45, 2.75) is 47.0 Å². The van der Waals surface area contributed by atoms with Crippen molar-refractivity contribution in [3.8, 4) is 0 Å². The van der Waals surface area contributed by atoms with Gasteiger partial charge in [-0.2, -0.15) is 0 Å². The quantitative estimate of drug-likeness (QED) is 0.717. The molecular formula is C14H26BNO3. The summed E-state index contributed by atoms with van der Waals surface area (Å²) in [7, 11) is -0.824. The maximum atomic E-state index is 10.9. The molecule has 0 saturated carbocycles. The highest BCUT2D eigenvalue weighted by atomic mass is 16.4. The lowest BCUT2D eigenvalue weighted by atomic mass is 9.86. The molecule has 0 saturated heterocycles. The van der Waals surface area contributed by atoms with Gasteiger partial charge in [-0.3, -0.25) is 4.79 Å². The minimum atomic E-state index is -0.959. The highest BCUT2D eigenvalue weighted by molar-refractivity contribution is 6.46. The topological polar surface area (TPSA) is 69.6 Å². The Balaban J connectivity index is 0. The molecule has 3 N–H and O–H groups in total. The first kappa shape index (κ1) is 20.0. The highest BCUT2D eigenvalue weighted by Crippen LogP contribution is 2.03. The standard InChI is InChI=1S/C10H14BNO3.2C2H6/c1-11(15)12-9(10(13)14)7-8-5-3-2-4-6-8;2*1-2/h2-6,9,12,15H,7H2,1H3,(H,13,14);2*1-2H3. The van der Waals surface area contributed by atoms with Crippen LogP contribution in [-0.4, -0.2) is 29.2 Å². The van der Waals surface area contributed by atoms with Gasteiger partial charge in [-0.15, -0.1) is 0 Å². The molecule has 0 radical (unpaired) electrons. The van der Waals surface area contributed by atoms with Crippen LogP contribution in [0, 0.1) is 0 Å². The summed E-state index contributed by atoms with van der Waals surface area (Å²) < 4.78 is 0. The van der Waals surface area contributed by atoms with E-state index in [0.717, 1.165) is 5.56 Å². The fourth-order valence-corrected chi connectivity index (χ4v) is 1.36. The first-order valence-electron chi connectivity index (χ1n) is 6.80. The van der Waals surface area contributed by atoms with Gasteiger partial charge in [0.1, 0.15) is 6.04 Å². The van der Waals surface area contributed by atoms with Crippen molar-refractivity contribution in [3.05, 3.63) is 35.9 Å². The molecule has 0 fully saturated rings. The monoisotopic (exact) mass is 267 g/mol. The van der Waals surface area contributed by atoms with Gasteiger partial charge in [0.2, 0.25) is 0 Å². The molecule has 0 aromatic heterocycles. The number of rotatable bonds is 5. The van der Waals surface area contributed by atoms with E-state index in [9.17, 15) is 4.79 Å². The van der Waals surface area contributed by atoms with E-state index in [-0.39, 0.29) is 0 Å². The third-order valence-electron chi connectivity index (χ3n) is 2.02. The van der Waals surface area contributed by atoms with Crippen LogP contribution >= 0.6 is 0 Å². The number of carbonyl (C=O) groups is 1. The van der Waals surface area contributed by atoms with Gasteiger partial charge in [0.05, 0.1) is 0 Å². The van der Waals surface area contributed by atoms with Crippen molar-refractivity contribution in [1.82, 2.24) is 5.23 Å². The summed E-state index contributed by atoms with van der Waals surface area (Å²) >= 11 is 0. The van der Waals surface area contributed by atoms with E-state index >= 15 is 0 Å². The molecule has 1 unspecified atom stereocenters. The van der Waals surface area contributed by atoms with Crippen LogP contribution in [-0.2, 0) is 11.2 Å². The van der Waals surface area contributed by atoms with Crippen LogP contribution in [0.5, 0.6) is 0 Å². The van der Waals surface area contributed by atoms with E-state index in [1.54, 1.807) is 0 Å². The summed E-state index contributed by atoms with van der Waals surface area (Å²) in [5, 5.41) is 20.6.